The largest absolute Gasteiger partial charge is 0.490 e. The van der Waals surface area contributed by atoms with Crippen LogP contribution in [0, 0.1) is 0 Å². The summed E-state index contributed by atoms with van der Waals surface area (Å²) in [6.45, 7) is -1.91. The van der Waals surface area contributed by atoms with Crippen LogP contribution in [0.15, 0.2) is 17.1 Å². The number of anilines is 1. The van der Waals surface area contributed by atoms with Crippen molar-refractivity contribution < 1.29 is 61.4 Å². The van der Waals surface area contributed by atoms with Gasteiger partial charge in [0.15, 0.2) is 6.23 Å². The van der Waals surface area contributed by atoms with Crippen molar-refractivity contribution in [3.63, 3.8) is 0 Å². The van der Waals surface area contributed by atoms with Gasteiger partial charge in [0.1, 0.15) is 17.5 Å². The molecule has 31 heavy (non-hydrogen) atoms. The number of rotatable bonds is 12. The van der Waals surface area contributed by atoms with Gasteiger partial charge < -0.3 is 46.0 Å². The summed E-state index contributed by atoms with van der Waals surface area (Å²) >= 11 is 0. The van der Waals surface area contributed by atoms with E-state index in [9.17, 15) is 33.6 Å². The highest BCUT2D eigenvalue weighted by Gasteiger charge is 2.47. The fourth-order valence-electron chi connectivity index (χ4n) is 2.07. The van der Waals surface area contributed by atoms with E-state index >= 15 is 0 Å². The van der Waals surface area contributed by atoms with Crippen LogP contribution in [0.3, 0.4) is 0 Å². The summed E-state index contributed by atoms with van der Waals surface area (Å²) in [5, 5.41) is 20.7. The van der Waals surface area contributed by atoms with Crippen molar-refractivity contribution in [2.24, 2.45) is 5.73 Å². The summed E-state index contributed by atoms with van der Waals surface area (Å²) in [5.74, 6) is -0.188. The van der Waals surface area contributed by atoms with E-state index < -0.39 is 60.2 Å². The number of nitrogen functional groups attached to an aromatic ring is 1. The van der Waals surface area contributed by atoms with Crippen molar-refractivity contribution >= 4 is 29.3 Å². The lowest BCUT2D eigenvalue weighted by atomic mass is 9.96. The molecule has 1 rings (SSSR count). The van der Waals surface area contributed by atoms with E-state index in [0.717, 1.165) is 19.4 Å². The molecule has 1 heterocycles. The molecule has 10 N–H and O–H groups in total. The molecule has 21 heteroatoms. The van der Waals surface area contributed by atoms with Crippen LogP contribution in [0.2, 0.25) is 0 Å². The first-order chi connectivity index (χ1) is 14.0. The minimum absolute atomic E-state index is 0.188. The molecule has 0 spiro atoms. The van der Waals surface area contributed by atoms with Gasteiger partial charge in [-0.25, -0.2) is 18.5 Å². The van der Waals surface area contributed by atoms with Crippen molar-refractivity contribution in [3.8, 4) is 0 Å². The zero-order valence-corrected chi connectivity index (χ0v) is 18.2. The molecule has 0 saturated heterocycles. The van der Waals surface area contributed by atoms with E-state index in [1.807, 2.05) is 0 Å². The number of aliphatic hydroxyl groups is 2. The first-order valence-electron chi connectivity index (χ1n) is 7.72. The molecule has 0 aliphatic heterocycles. The molecule has 1 aromatic heterocycles. The van der Waals surface area contributed by atoms with Gasteiger partial charge in [-0.3, -0.25) is 9.09 Å². The zero-order chi connectivity index (χ0) is 24.3. The Hall–Kier alpha value is -1.07. The van der Waals surface area contributed by atoms with Crippen LogP contribution < -0.4 is 17.2 Å². The number of hydrogen-bond donors (Lipinski definition) is 8. The quantitative estimate of drug-likeness (QED) is 0.132. The maximum absolute atomic E-state index is 11.9. The van der Waals surface area contributed by atoms with Crippen molar-refractivity contribution in [2.45, 2.75) is 17.9 Å². The fourth-order valence-corrected chi connectivity index (χ4v) is 5.15. The monoisotopic (exact) mass is 514 g/mol. The van der Waals surface area contributed by atoms with Gasteiger partial charge in [-0.15, -0.1) is 0 Å². The second-order valence-corrected chi connectivity index (χ2v) is 10.2. The van der Waals surface area contributed by atoms with Crippen LogP contribution in [0.5, 0.6) is 0 Å². The third kappa shape index (κ3) is 8.09. The predicted molar refractivity (Wildman–Crippen MR) is 98.8 cm³/mol. The van der Waals surface area contributed by atoms with Crippen LogP contribution in [0.1, 0.15) is 6.23 Å². The number of hydrogen-bond acceptors (Lipinski definition) is 13. The van der Waals surface area contributed by atoms with Gasteiger partial charge in [-0.1, -0.05) is 0 Å². The molecule has 0 radical (unpaired) electrons. The van der Waals surface area contributed by atoms with Crippen molar-refractivity contribution in [3.05, 3.63) is 22.7 Å². The summed E-state index contributed by atoms with van der Waals surface area (Å²) in [6.07, 6.45) is -3.25. The molecule has 0 saturated carbocycles. The Morgan fingerprint density at radius 2 is 1.74 bits per heavy atom. The average Bonchev–Trinajstić information content (AvgIpc) is 2.59. The van der Waals surface area contributed by atoms with Crippen molar-refractivity contribution in [1.82, 2.24) is 9.55 Å². The van der Waals surface area contributed by atoms with Gasteiger partial charge in [-0.05, 0) is 6.07 Å². The Labute approximate surface area is 173 Å². The highest BCUT2D eigenvalue weighted by Crippen LogP contribution is 2.66. The minimum Gasteiger partial charge on any atom is -0.385 e. The lowest BCUT2D eigenvalue weighted by molar-refractivity contribution is -0.174. The number of aliphatic hydroxyl groups excluding tert-OH is 2. The predicted octanol–water partition coefficient (Wildman–Crippen LogP) is -2.64. The molecule has 0 aromatic carbocycles. The van der Waals surface area contributed by atoms with E-state index in [1.54, 1.807) is 0 Å². The van der Waals surface area contributed by atoms with Crippen LogP contribution in [0.25, 0.3) is 0 Å². The third-order valence-corrected chi connectivity index (χ3v) is 7.38. The number of phosphoric ester groups is 1. The summed E-state index contributed by atoms with van der Waals surface area (Å²) in [7, 11) is -16.0. The molecule has 0 bridgehead atoms. The molecular weight excluding hydrogens is 493 g/mol. The molecule has 0 aliphatic carbocycles. The van der Waals surface area contributed by atoms with E-state index in [4.69, 9.17) is 30.9 Å². The topological polar surface area (TPSA) is 296 Å². The summed E-state index contributed by atoms with van der Waals surface area (Å²) < 4.78 is 50.8. The maximum Gasteiger partial charge on any atom is 0.490 e. The summed E-state index contributed by atoms with van der Waals surface area (Å²) in [6, 6.07) is 1.11. The molecule has 5 atom stereocenters. The Morgan fingerprint density at radius 1 is 1.16 bits per heavy atom. The molecule has 0 fully saturated rings. The number of nitrogens with zero attached hydrogens (tertiary/aromatic N) is 2. The Kier molecular flexibility index (Phi) is 9.24. The number of methoxy groups -OCH3 is 1. The van der Waals surface area contributed by atoms with E-state index in [0.29, 0.717) is 4.57 Å². The Bertz CT molecular complexity index is 960. The van der Waals surface area contributed by atoms with Crippen molar-refractivity contribution in [1.29, 1.82) is 0 Å². The van der Waals surface area contributed by atoms with Gasteiger partial charge in [0.25, 0.3) is 0 Å². The van der Waals surface area contributed by atoms with Gasteiger partial charge in [0, 0.05) is 19.9 Å². The Balaban J connectivity index is 3.06. The number of phosphoric acid groups is 3. The van der Waals surface area contributed by atoms with E-state index in [1.165, 1.54) is 0 Å². The molecule has 1 aromatic rings. The lowest BCUT2D eigenvalue weighted by Gasteiger charge is -2.37. The highest BCUT2D eigenvalue weighted by atomic mass is 31.3. The first kappa shape index (κ1) is 28.0. The van der Waals surface area contributed by atoms with Crippen LogP contribution in [0.4, 0.5) is 5.82 Å². The molecular formula is C10H21N4O14P3. The second kappa shape index (κ2) is 10.2. The lowest BCUT2D eigenvalue weighted by Crippen LogP contribution is -2.57. The molecule has 0 aliphatic rings. The normalized spacial score (nSPS) is 20.3. The van der Waals surface area contributed by atoms with Crippen LogP contribution in [-0.4, -0.2) is 71.3 Å². The third-order valence-electron chi connectivity index (χ3n) is 3.60. The number of ether oxygens (including phenoxy) is 1. The van der Waals surface area contributed by atoms with Gasteiger partial charge in [0.2, 0.25) is 0 Å². The summed E-state index contributed by atoms with van der Waals surface area (Å²) in [4.78, 5) is 50.8. The Morgan fingerprint density at radius 3 is 2.19 bits per heavy atom. The van der Waals surface area contributed by atoms with Crippen LogP contribution in [-0.2, 0) is 31.6 Å². The van der Waals surface area contributed by atoms with Gasteiger partial charge in [0.05, 0.1) is 6.61 Å². The molecule has 180 valence electrons. The SMILES string of the molecule is CO[C@](CN)(COP(=O)(O)OP(=O)(O)OP(=O)(O)O)[C@@H](O)[C@@H](O)n1ccc(N)nc1=O. The fraction of sp³-hybridized carbons (Fsp3) is 0.600. The first-order valence-corrected chi connectivity index (χ1v) is 12.2. The standard InChI is InChI=1S/C10H21N4O14P3/c1-25-10(4-11,7(15)8(16)14-3-2-6(12)13-9(14)17)5-26-30(21,22)28-31(23,24)27-29(18,19)20/h2-3,7-8,15-16H,4-5,11H2,1H3,(H,21,22)(H,23,24)(H2,12,13,17)(H2,18,19,20)/t7-,8+,10+/m0/s1. The highest BCUT2D eigenvalue weighted by molar-refractivity contribution is 7.66. The van der Waals surface area contributed by atoms with E-state index in [-0.39, 0.29) is 5.82 Å². The summed E-state index contributed by atoms with van der Waals surface area (Å²) in [5.41, 5.74) is 7.51. The number of nitrogens with two attached hydrogens (primary N) is 2. The van der Waals surface area contributed by atoms with Gasteiger partial charge in [-0.2, -0.15) is 13.6 Å². The molecule has 0 amide bonds. The zero-order valence-electron chi connectivity index (χ0n) is 15.6. The molecule has 18 nitrogen and oxygen atoms in total. The van der Waals surface area contributed by atoms with Crippen LogP contribution >= 0.6 is 23.5 Å². The van der Waals surface area contributed by atoms with Gasteiger partial charge >= 0.3 is 29.2 Å². The maximum atomic E-state index is 11.9. The average molecular weight is 514 g/mol. The smallest absolute Gasteiger partial charge is 0.385 e. The minimum atomic E-state index is -5.79. The second-order valence-electron chi connectivity index (χ2n) is 5.74. The van der Waals surface area contributed by atoms with E-state index in [2.05, 4.69) is 18.1 Å². The van der Waals surface area contributed by atoms with Crippen molar-refractivity contribution in [2.75, 3.05) is 26.0 Å². The number of aromatic nitrogens is 2. The molecule has 2 unspecified atom stereocenters.